The molecule has 1 aliphatic heterocycles. The van der Waals surface area contributed by atoms with Crippen molar-refractivity contribution >= 4 is 41.9 Å². The number of nitrogen functional groups attached to an aromatic ring is 1. The molecule has 0 saturated heterocycles. The SMILES string of the molecule is Bc1cc2c(cc1Sc1nc3c(N)nccc3n1CCN)OCO2. The summed E-state index contributed by atoms with van der Waals surface area (Å²) in [7, 11) is 2.04. The molecule has 0 saturated carbocycles. The Hall–Kier alpha value is -2.39. The molecule has 7 nitrogen and oxygen atoms in total. The number of nitrogens with two attached hydrogens (primary N) is 2. The minimum Gasteiger partial charge on any atom is -0.454 e. The first-order chi connectivity index (χ1) is 11.7. The molecular formula is C15H16BN5O2S. The van der Waals surface area contributed by atoms with Gasteiger partial charge in [-0.1, -0.05) is 17.2 Å². The van der Waals surface area contributed by atoms with Crippen molar-refractivity contribution in [1.29, 1.82) is 0 Å². The lowest BCUT2D eigenvalue weighted by molar-refractivity contribution is 0.174. The maximum atomic E-state index is 5.97. The van der Waals surface area contributed by atoms with Gasteiger partial charge in [-0.15, -0.1) is 0 Å². The van der Waals surface area contributed by atoms with E-state index >= 15 is 0 Å². The molecule has 24 heavy (non-hydrogen) atoms. The van der Waals surface area contributed by atoms with Gasteiger partial charge in [-0.05, 0) is 18.2 Å². The van der Waals surface area contributed by atoms with Crippen LogP contribution in [0.5, 0.6) is 11.5 Å². The maximum absolute atomic E-state index is 5.97. The Balaban J connectivity index is 1.80. The summed E-state index contributed by atoms with van der Waals surface area (Å²) in [6.45, 7) is 1.43. The van der Waals surface area contributed by atoms with Gasteiger partial charge in [0.2, 0.25) is 6.79 Å². The quantitative estimate of drug-likeness (QED) is 0.650. The first-order valence-corrected chi connectivity index (χ1v) is 8.38. The standard InChI is InChI=1S/C15H16BN5O2S/c16-8-5-10-11(23-7-22-10)6-12(8)24-15-20-13-9(21(15)4-2-17)1-3-19-14(13)18/h1,3,5-6H,2,4,7,16-17H2,(H2,18,19). The summed E-state index contributed by atoms with van der Waals surface area (Å²) in [6, 6.07) is 5.87. The van der Waals surface area contributed by atoms with E-state index in [4.69, 9.17) is 20.9 Å². The largest absolute Gasteiger partial charge is 0.454 e. The maximum Gasteiger partial charge on any atom is 0.231 e. The highest BCUT2D eigenvalue weighted by Gasteiger charge is 2.19. The smallest absolute Gasteiger partial charge is 0.231 e. The monoisotopic (exact) mass is 341 g/mol. The van der Waals surface area contributed by atoms with E-state index < -0.39 is 0 Å². The Morgan fingerprint density at radius 1 is 1.29 bits per heavy atom. The highest BCUT2D eigenvalue weighted by molar-refractivity contribution is 7.99. The van der Waals surface area contributed by atoms with Gasteiger partial charge in [-0.3, -0.25) is 0 Å². The average molecular weight is 341 g/mol. The fourth-order valence-electron chi connectivity index (χ4n) is 2.71. The van der Waals surface area contributed by atoms with E-state index in [1.807, 2.05) is 26.0 Å². The molecule has 0 atom stereocenters. The zero-order valence-corrected chi connectivity index (χ0v) is 14.0. The van der Waals surface area contributed by atoms with Gasteiger partial charge < -0.3 is 25.5 Å². The van der Waals surface area contributed by atoms with Crippen LogP contribution in [0.25, 0.3) is 11.0 Å². The lowest BCUT2D eigenvalue weighted by atomic mass is 9.96. The van der Waals surface area contributed by atoms with Crippen molar-refractivity contribution in [3.05, 3.63) is 24.4 Å². The van der Waals surface area contributed by atoms with Gasteiger partial charge >= 0.3 is 0 Å². The molecular weight excluding hydrogens is 325 g/mol. The third-order valence-corrected chi connectivity index (χ3v) is 5.04. The summed E-state index contributed by atoms with van der Waals surface area (Å²) in [4.78, 5) is 9.85. The molecule has 0 radical (unpaired) electrons. The van der Waals surface area contributed by atoms with Crippen LogP contribution in [0.15, 0.2) is 34.4 Å². The first-order valence-electron chi connectivity index (χ1n) is 7.56. The van der Waals surface area contributed by atoms with Crippen molar-refractivity contribution in [1.82, 2.24) is 14.5 Å². The van der Waals surface area contributed by atoms with Crippen molar-refractivity contribution in [2.45, 2.75) is 16.6 Å². The summed E-state index contributed by atoms with van der Waals surface area (Å²) in [5.41, 5.74) is 14.5. The number of fused-ring (bicyclic) bond motifs is 2. The van der Waals surface area contributed by atoms with Gasteiger partial charge in [0.05, 0.1) is 5.52 Å². The fourth-order valence-corrected chi connectivity index (χ4v) is 3.73. The molecule has 122 valence electrons. The Morgan fingerprint density at radius 3 is 2.88 bits per heavy atom. The number of benzene rings is 1. The van der Waals surface area contributed by atoms with Crippen LogP contribution in [0.1, 0.15) is 0 Å². The molecule has 1 aliphatic rings. The van der Waals surface area contributed by atoms with Crippen LogP contribution in [0.2, 0.25) is 0 Å². The van der Waals surface area contributed by atoms with E-state index in [1.165, 1.54) is 0 Å². The molecule has 4 N–H and O–H groups in total. The molecule has 0 fully saturated rings. The highest BCUT2D eigenvalue weighted by atomic mass is 32.2. The third-order valence-electron chi connectivity index (χ3n) is 3.88. The zero-order valence-electron chi connectivity index (χ0n) is 13.2. The van der Waals surface area contributed by atoms with E-state index in [0.717, 1.165) is 32.5 Å². The van der Waals surface area contributed by atoms with E-state index in [2.05, 4.69) is 14.5 Å². The molecule has 0 amide bonds. The van der Waals surface area contributed by atoms with Crippen molar-refractivity contribution < 1.29 is 9.47 Å². The second-order valence-corrected chi connectivity index (χ2v) is 6.48. The van der Waals surface area contributed by atoms with Gasteiger partial charge in [0.1, 0.15) is 13.4 Å². The normalized spacial score (nSPS) is 12.9. The Kier molecular flexibility index (Phi) is 3.74. The fraction of sp³-hybridized carbons (Fsp3) is 0.200. The second kappa shape index (κ2) is 5.92. The predicted octanol–water partition coefficient (Wildman–Crippen LogP) is 0.110. The van der Waals surface area contributed by atoms with Crippen molar-refractivity contribution in [2.24, 2.45) is 5.73 Å². The van der Waals surface area contributed by atoms with Gasteiger partial charge in [0, 0.05) is 24.2 Å². The van der Waals surface area contributed by atoms with Crippen molar-refractivity contribution in [3.8, 4) is 11.5 Å². The Labute approximate surface area is 143 Å². The predicted molar refractivity (Wildman–Crippen MR) is 95.9 cm³/mol. The number of imidazole rings is 1. The van der Waals surface area contributed by atoms with Crippen LogP contribution in [0, 0.1) is 0 Å². The summed E-state index contributed by atoms with van der Waals surface area (Å²) in [6.07, 6.45) is 1.69. The van der Waals surface area contributed by atoms with E-state index in [-0.39, 0.29) is 6.79 Å². The van der Waals surface area contributed by atoms with E-state index in [9.17, 15) is 0 Å². The number of hydrogen-bond donors (Lipinski definition) is 2. The minimum atomic E-state index is 0.261. The van der Waals surface area contributed by atoms with Gasteiger partial charge in [0.25, 0.3) is 0 Å². The van der Waals surface area contributed by atoms with E-state index in [1.54, 1.807) is 18.0 Å². The summed E-state index contributed by atoms with van der Waals surface area (Å²) < 4.78 is 13.0. The molecule has 3 heterocycles. The van der Waals surface area contributed by atoms with Crippen LogP contribution in [-0.4, -0.2) is 35.7 Å². The number of hydrogen-bond acceptors (Lipinski definition) is 7. The second-order valence-electron chi connectivity index (χ2n) is 5.47. The van der Waals surface area contributed by atoms with Crippen LogP contribution < -0.4 is 26.4 Å². The summed E-state index contributed by atoms with van der Waals surface area (Å²) >= 11 is 1.56. The summed E-state index contributed by atoms with van der Waals surface area (Å²) in [5, 5.41) is 0.831. The molecule has 0 spiro atoms. The van der Waals surface area contributed by atoms with Crippen LogP contribution in [0.4, 0.5) is 5.82 Å². The number of pyridine rings is 1. The Bertz CT molecular complexity index is 930. The average Bonchev–Trinajstić information content (AvgIpc) is 3.14. The summed E-state index contributed by atoms with van der Waals surface area (Å²) in [5.74, 6) is 1.96. The van der Waals surface area contributed by atoms with Gasteiger partial charge in [-0.2, -0.15) is 0 Å². The van der Waals surface area contributed by atoms with Crippen molar-refractivity contribution in [2.75, 3.05) is 19.1 Å². The molecule has 0 aliphatic carbocycles. The van der Waals surface area contributed by atoms with Crippen LogP contribution >= 0.6 is 11.8 Å². The zero-order chi connectivity index (χ0) is 16.7. The topological polar surface area (TPSA) is 101 Å². The van der Waals surface area contributed by atoms with Gasteiger partial charge in [-0.25, -0.2) is 9.97 Å². The minimum absolute atomic E-state index is 0.261. The highest BCUT2D eigenvalue weighted by Crippen LogP contribution is 2.37. The molecule has 0 bridgehead atoms. The van der Waals surface area contributed by atoms with E-state index in [0.29, 0.717) is 24.4 Å². The van der Waals surface area contributed by atoms with Gasteiger partial charge in [0.15, 0.2) is 22.5 Å². The number of nitrogens with zero attached hydrogens (tertiary/aromatic N) is 3. The van der Waals surface area contributed by atoms with Crippen molar-refractivity contribution in [3.63, 3.8) is 0 Å². The molecule has 0 unspecified atom stereocenters. The lowest BCUT2D eigenvalue weighted by Crippen LogP contribution is -2.11. The first kappa shape index (κ1) is 15.2. The third kappa shape index (κ3) is 2.46. The molecule has 2 aromatic heterocycles. The Morgan fingerprint density at radius 2 is 2.08 bits per heavy atom. The molecule has 3 aromatic rings. The number of aromatic nitrogens is 3. The molecule has 1 aromatic carbocycles. The van der Waals surface area contributed by atoms with Crippen LogP contribution in [0.3, 0.4) is 0 Å². The lowest BCUT2D eigenvalue weighted by Gasteiger charge is -2.10. The number of rotatable bonds is 4. The molecule has 4 rings (SSSR count). The molecule has 9 heteroatoms. The van der Waals surface area contributed by atoms with Crippen LogP contribution in [-0.2, 0) is 6.54 Å². The number of anilines is 1. The number of ether oxygens (including phenoxy) is 2.